The van der Waals surface area contributed by atoms with Gasteiger partial charge in [0.1, 0.15) is 17.2 Å². The van der Waals surface area contributed by atoms with Gasteiger partial charge in [-0.2, -0.15) is 10.2 Å². The molecular formula is C15H20N6O2. The van der Waals surface area contributed by atoms with Gasteiger partial charge in [0, 0.05) is 13.6 Å². The van der Waals surface area contributed by atoms with Crippen molar-refractivity contribution < 1.29 is 4.79 Å². The van der Waals surface area contributed by atoms with Crippen molar-refractivity contribution >= 4 is 5.91 Å². The Morgan fingerprint density at radius 1 is 1.26 bits per heavy atom. The molecule has 0 fully saturated rings. The molecule has 1 N–H and O–H groups in total. The predicted octanol–water partition coefficient (Wildman–Crippen LogP) is 0.562. The van der Waals surface area contributed by atoms with Crippen molar-refractivity contribution in [1.82, 2.24) is 29.9 Å². The third-order valence-corrected chi connectivity index (χ3v) is 4.24. The van der Waals surface area contributed by atoms with E-state index in [1.807, 2.05) is 11.6 Å². The molecule has 0 aliphatic carbocycles. The van der Waals surface area contributed by atoms with Gasteiger partial charge < -0.3 is 5.32 Å². The number of hydrogen-bond acceptors (Lipinski definition) is 5. The van der Waals surface area contributed by atoms with Crippen LogP contribution < -0.4 is 10.9 Å². The minimum Gasteiger partial charge on any atom is -0.342 e. The summed E-state index contributed by atoms with van der Waals surface area (Å²) in [4.78, 5) is 29.3. The fourth-order valence-electron chi connectivity index (χ4n) is 2.95. The summed E-state index contributed by atoms with van der Waals surface area (Å²) in [6, 6.07) is -0.227. The number of amides is 1. The Hall–Kier alpha value is -2.51. The van der Waals surface area contributed by atoms with Crippen LogP contribution in [0.25, 0.3) is 0 Å². The Bertz CT molecular complexity index is 835. The lowest BCUT2D eigenvalue weighted by molar-refractivity contribution is 0.0924. The fourth-order valence-corrected chi connectivity index (χ4v) is 2.95. The van der Waals surface area contributed by atoms with Crippen LogP contribution in [-0.4, -0.2) is 30.5 Å². The number of aromatic nitrogens is 5. The molecule has 0 spiro atoms. The highest BCUT2D eigenvalue weighted by Crippen LogP contribution is 2.23. The van der Waals surface area contributed by atoms with Crippen LogP contribution in [0.1, 0.15) is 52.1 Å². The van der Waals surface area contributed by atoms with Gasteiger partial charge in [-0.05, 0) is 39.2 Å². The highest BCUT2D eigenvalue weighted by molar-refractivity contribution is 5.95. The number of hydrogen-bond donors (Lipinski definition) is 1. The van der Waals surface area contributed by atoms with Crippen molar-refractivity contribution in [3.05, 3.63) is 38.8 Å². The Kier molecular flexibility index (Phi) is 3.75. The molecule has 0 bridgehead atoms. The van der Waals surface area contributed by atoms with E-state index in [4.69, 9.17) is 0 Å². The van der Waals surface area contributed by atoms with Gasteiger partial charge >= 0.3 is 0 Å². The Morgan fingerprint density at radius 3 is 2.74 bits per heavy atom. The number of carbonyl (C=O) groups excluding carboxylic acids is 1. The smallest absolute Gasteiger partial charge is 0.279 e. The molecule has 0 saturated heterocycles. The first-order valence-corrected chi connectivity index (χ1v) is 7.65. The second kappa shape index (κ2) is 5.60. The molecule has 0 saturated carbocycles. The van der Waals surface area contributed by atoms with Gasteiger partial charge in [0.2, 0.25) is 0 Å². The van der Waals surface area contributed by atoms with Crippen LogP contribution in [0, 0.1) is 20.8 Å². The molecule has 8 nitrogen and oxygen atoms in total. The first kappa shape index (κ1) is 15.4. The molecule has 1 aliphatic heterocycles. The summed E-state index contributed by atoms with van der Waals surface area (Å²) in [6.45, 7) is 6.16. The summed E-state index contributed by atoms with van der Waals surface area (Å²) in [5.41, 5.74) is 1.03. The number of fused-ring (bicyclic) bond motifs is 1. The lowest BCUT2D eigenvalue weighted by atomic mass is 10.1. The lowest BCUT2D eigenvalue weighted by Crippen LogP contribution is -2.38. The Labute approximate surface area is 133 Å². The fraction of sp³-hybridized carbons (Fsp3) is 0.533. The van der Waals surface area contributed by atoms with Gasteiger partial charge in [0.25, 0.3) is 11.5 Å². The molecule has 1 aliphatic rings. The molecule has 1 unspecified atom stereocenters. The summed E-state index contributed by atoms with van der Waals surface area (Å²) in [6.07, 6.45) is 1.69. The zero-order valence-electron chi connectivity index (χ0n) is 13.8. The highest BCUT2D eigenvalue weighted by Gasteiger charge is 2.27. The van der Waals surface area contributed by atoms with Crippen LogP contribution in [0.3, 0.4) is 0 Å². The SMILES string of the molecule is Cc1nc2n(n1)CCCC2NC(=O)c1c(C)c(C)nn(C)c1=O. The zero-order chi connectivity index (χ0) is 16.7. The molecular weight excluding hydrogens is 296 g/mol. The molecule has 1 atom stereocenters. The number of nitrogens with zero attached hydrogens (tertiary/aromatic N) is 5. The number of rotatable bonds is 2. The van der Waals surface area contributed by atoms with E-state index in [1.165, 1.54) is 4.68 Å². The van der Waals surface area contributed by atoms with Crippen LogP contribution in [0.4, 0.5) is 0 Å². The van der Waals surface area contributed by atoms with Crippen molar-refractivity contribution in [1.29, 1.82) is 0 Å². The van der Waals surface area contributed by atoms with Crippen LogP contribution in [0.5, 0.6) is 0 Å². The van der Waals surface area contributed by atoms with Crippen molar-refractivity contribution in [2.45, 2.75) is 46.2 Å². The van der Waals surface area contributed by atoms with E-state index in [0.717, 1.165) is 25.2 Å². The summed E-state index contributed by atoms with van der Waals surface area (Å²) in [5, 5.41) is 11.4. The highest BCUT2D eigenvalue weighted by atomic mass is 16.2. The standard InChI is InChI=1S/C15H20N6O2/c1-8-9(2)18-20(4)15(23)12(8)14(22)17-11-6-5-7-21-13(11)16-10(3)19-21/h11H,5-7H2,1-4H3,(H,17,22). The average molecular weight is 316 g/mol. The van der Waals surface area contributed by atoms with E-state index in [0.29, 0.717) is 17.1 Å². The molecule has 3 heterocycles. The van der Waals surface area contributed by atoms with Crippen LogP contribution in [0.2, 0.25) is 0 Å². The van der Waals surface area contributed by atoms with Crippen molar-refractivity contribution in [3.63, 3.8) is 0 Å². The van der Waals surface area contributed by atoms with Gasteiger partial charge in [-0.3, -0.25) is 9.59 Å². The van der Waals surface area contributed by atoms with Gasteiger partial charge in [0.15, 0.2) is 0 Å². The molecule has 0 aromatic carbocycles. The molecule has 2 aromatic heterocycles. The normalized spacial score (nSPS) is 17.0. The van der Waals surface area contributed by atoms with E-state index >= 15 is 0 Å². The third-order valence-electron chi connectivity index (χ3n) is 4.24. The van der Waals surface area contributed by atoms with Crippen LogP contribution >= 0.6 is 0 Å². The van der Waals surface area contributed by atoms with Crippen LogP contribution in [0.15, 0.2) is 4.79 Å². The van der Waals surface area contributed by atoms with Gasteiger partial charge in [-0.25, -0.2) is 14.3 Å². The first-order chi connectivity index (χ1) is 10.9. The van der Waals surface area contributed by atoms with E-state index < -0.39 is 0 Å². The minimum absolute atomic E-state index is 0.147. The lowest BCUT2D eigenvalue weighted by Gasteiger charge is -2.23. The predicted molar refractivity (Wildman–Crippen MR) is 83.2 cm³/mol. The molecule has 2 aromatic rings. The maximum atomic E-state index is 12.7. The van der Waals surface area contributed by atoms with Crippen LogP contribution in [-0.2, 0) is 13.6 Å². The van der Waals surface area contributed by atoms with Crippen molar-refractivity contribution in [3.8, 4) is 0 Å². The van der Waals surface area contributed by atoms with E-state index in [1.54, 1.807) is 20.9 Å². The number of nitrogens with one attached hydrogen (secondary N) is 1. The maximum Gasteiger partial charge on any atom is 0.279 e. The molecule has 1 amide bonds. The second-order valence-electron chi connectivity index (χ2n) is 5.92. The van der Waals surface area contributed by atoms with Gasteiger partial charge in [0.05, 0.1) is 11.7 Å². The first-order valence-electron chi connectivity index (χ1n) is 7.65. The summed E-state index contributed by atoms with van der Waals surface area (Å²) in [5.74, 6) is 1.06. The minimum atomic E-state index is -0.390. The summed E-state index contributed by atoms with van der Waals surface area (Å²) >= 11 is 0. The molecule has 23 heavy (non-hydrogen) atoms. The second-order valence-corrected chi connectivity index (χ2v) is 5.92. The number of carbonyl (C=O) groups is 1. The van der Waals surface area contributed by atoms with E-state index in [9.17, 15) is 9.59 Å². The molecule has 122 valence electrons. The number of aryl methyl sites for hydroxylation is 4. The van der Waals surface area contributed by atoms with Crippen molar-refractivity contribution in [2.24, 2.45) is 7.05 Å². The summed E-state index contributed by atoms with van der Waals surface area (Å²) < 4.78 is 3.03. The summed E-state index contributed by atoms with van der Waals surface area (Å²) in [7, 11) is 1.55. The maximum absolute atomic E-state index is 12.7. The van der Waals surface area contributed by atoms with Gasteiger partial charge in [-0.1, -0.05) is 0 Å². The van der Waals surface area contributed by atoms with Crippen molar-refractivity contribution in [2.75, 3.05) is 0 Å². The van der Waals surface area contributed by atoms with E-state index in [-0.39, 0.29) is 23.1 Å². The molecule has 0 radical (unpaired) electrons. The van der Waals surface area contributed by atoms with E-state index in [2.05, 4.69) is 20.5 Å². The quantitative estimate of drug-likeness (QED) is 0.873. The molecule has 3 rings (SSSR count). The van der Waals surface area contributed by atoms with Gasteiger partial charge in [-0.15, -0.1) is 0 Å². The zero-order valence-corrected chi connectivity index (χ0v) is 13.8. The Balaban J connectivity index is 1.94. The monoisotopic (exact) mass is 316 g/mol. The Morgan fingerprint density at radius 2 is 2.00 bits per heavy atom. The third kappa shape index (κ3) is 2.64. The average Bonchev–Trinajstić information content (AvgIpc) is 2.87. The topological polar surface area (TPSA) is 94.7 Å². The molecule has 8 heteroatoms. The largest absolute Gasteiger partial charge is 0.342 e.